The van der Waals surface area contributed by atoms with Gasteiger partial charge in [0.05, 0.1) is 6.54 Å². The van der Waals surface area contributed by atoms with E-state index in [-0.39, 0.29) is 18.1 Å². The monoisotopic (exact) mass is 274 g/mol. The molecule has 7 nitrogen and oxygen atoms in total. The van der Waals surface area contributed by atoms with Gasteiger partial charge in [-0.1, -0.05) is 0 Å². The molecule has 0 bridgehead atoms. The van der Waals surface area contributed by atoms with Crippen molar-refractivity contribution in [2.75, 3.05) is 13.1 Å². The molecule has 0 aromatic carbocycles. The van der Waals surface area contributed by atoms with Crippen molar-refractivity contribution in [2.45, 2.75) is 19.4 Å². The van der Waals surface area contributed by atoms with E-state index in [2.05, 4.69) is 4.72 Å². The fraction of sp³-hybridized carbons (Fsp3) is 0.500. The number of rotatable bonds is 5. The third-order valence-electron chi connectivity index (χ3n) is 2.71. The zero-order valence-corrected chi connectivity index (χ0v) is 10.4. The zero-order valence-electron chi connectivity index (χ0n) is 9.63. The first kappa shape index (κ1) is 13.1. The van der Waals surface area contributed by atoms with Crippen LogP contribution in [0.2, 0.25) is 0 Å². The number of nitrogens with one attached hydrogen (secondary N) is 1. The fourth-order valence-corrected chi connectivity index (χ4v) is 3.02. The summed E-state index contributed by atoms with van der Waals surface area (Å²) in [5, 5.41) is 8.66. The molecule has 0 spiro atoms. The van der Waals surface area contributed by atoms with Crippen LogP contribution in [0.15, 0.2) is 16.5 Å². The minimum atomic E-state index is -3.49. The molecule has 1 saturated heterocycles. The van der Waals surface area contributed by atoms with Crippen molar-refractivity contribution in [3.63, 3.8) is 0 Å². The first-order valence-electron chi connectivity index (χ1n) is 5.56. The van der Waals surface area contributed by atoms with E-state index in [9.17, 15) is 13.2 Å². The number of nitrogens with zero attached hydrogens (tertiary/aromatic N) is 1. The second kappa shape index (κ2) is 5.09. The third kappa shape index (κ3) is 2.89. The summed E-state index contributed by atoms with van der Waals surface area (Å²) in [6, 6.07) is 2.73. The van der Waals surface area contributed by atoms with Crippen molar-refractivity contribution in [2.24, 2.45) is 0 Å². The molecule has 0 aliphatic carbocycles. The van der Waals surface area contributed by atoms with E-state index in [1.807, 2.05) is 0 Å². The van der Waals surface area contributed by atoms with Gasteiger partial charge in [-0.2, -0.15) is 17.4 Å². The maximum absolute atomic E-state index is 11.8. The number of carboxylic acid groups (broad SMARTS) is 1. The Hall–Kier alpha value is -1.38. The summed E-state index contributed by atoms with van der Waals surface area (Å²) in [6.07, 6.45) is 1.73. The topological polar surface area (TPSA) is 99.8 Å². The van der Waals surface area contributed by atoms with Crippen molar-refractivity contribution >= 4 is 16.2 Å². The van der Waals surface area contributed by atoms with Crippen LogP contribution in [-0.2, 0) is 16.8 Å². The van der Waals surface area contributed by atoms with Gasteiger partial charge in [-0.15, -0.1) is 0 Å². The Morgan fingerprint density at radius 1 is 1.39 bits per heavy atom. The molecular formula is C10H14N2O5S. The van der Waals surface area contributed by atoms with Gasteiger partial charge in [0.15, 0.2) is 0 Å². The Morgan fingerprint density at radius 2 is 2.06 bits per heavy atom. The van der Waals surface area contributed by atoms with Crippen LogP contribution in [0.25, 0.3) is 0 Å². The first-order valence-corrected chi connectivity index (χ1v) is 7.00. The molecule has 1 fully saturated rings. The lowest BCUT2D eigenvalue weighted by molar-refractivity contribution is 0.0660. The second-order valence-corrected chi connectivity index (χ2v) is 5.76. The molecule has 1 aliphatic rings. The molecule has 0 radical (unpaired) electrons. The minimum absolute atomic E-state index is 0.0495. The van der Waals surface area contributed by atoms with E-state index in [4.69, 9.17) is 9.52 Å². The molecule has 2 N–H and O–H groups in total. The summed E-state index contributed by atoms with van der Waals surface area (Å²) >= 11 is 0. The van der Waals surface area contributed by atoms with Gasteiger partial charge in [0, 0.05) is 13.1 Å². The molecule has 0 saturated carbocycles. The highest BCUT2D eigenvalue weighted by Crippen LogP contribution is 2.13. The van der Waals surface area contributed by atoms with Crippen LogP contribution in [0.1, 0.15) is 29.2 Å². The van der Waals surface area contributed by atoms with E-state index < -0.39 is 16.2 Å². The number of carboxylic acids is 1. The van der Waals surface area contributed by atoms with Gasteiger partial charge in [-0.25, -0.2) is 4.79 Å². The van der Waals surface area contributed by atoms with Gasteiger partial charge >= 0.3 is 5.97 Å². The summed E-state index contributed by atoms with van der Waals surface area (Å²) in [7, 11) is -3.49. The van der Waals surface area contributed by atoms with Crippen molar-refractivity contribution in [1.82, 2.24) is 9.03 Å². The van der Waals surface area contributed by atoms with Crippen LogP contribution in [0.5, 0.6) is 0 Å². The highest BCUT2D eigenvalue weighted by molar-refractivity contribution is 7.87. The fourth-order valence-electron chi connectivity index (χ4n) is 1.77. The van der Waals surface area contributed by atoms with Crippen LogP contribution < -0.4 is 4.72 Å². The number of hydrogen-bond donors (Lipinski definition) is 2. The average Bonchev–Trinajstić information content (AvgIpc) is 2.98. The standard InChI is InChI=1S/C10H14N2O5S/c13-10(14)9-4-3-8(17-9)7-11-18(15,16)12-5-1-2-6-12/h3-4,11H,1-2,5-7H2,(H,13,14). The predicted octanol–water partition coefficient (Wildman–Crippen LogP) is 0.408. The number of furan rings is 1. The number of aromatic carboxylic acids is 1. The molecule has 1 aromatic heterocycles. The SMILES string of the molecule is O=C(O)c1ccc(CNS(=O)(=O)N2CCCC2)o1. The Labute approximate surface area is 105 Å². The van der Waals surface area contributed by atoms with Gasteiger partial charge in [-0.3, -0.25) is 0 Å². The molecule has 0 amide bonds. The molecule has 0 unspecified atom stereocenters. The molecular weight excluding hydrogens is 260 g/mol. The van der Waals surface area contributed by atoms with Crippen LogP contribution in [0, 0.1) is 0 Å². The Bertz CT molecular complexity index is 530. The molecule has 18 heavy (non-hydrogen) atoms. The van der Waals surface area contributed by atoms with Crippen LogP contribution >= 0.6 is 0 Å². The Balaban J connectivity index is 1.96. The average molecular weight is 274 g/mol. The quantitative estimate of drug-likeness (QED) is 0.810. The van der Waals surface area contributed by atoms with Crippen molar-refractivity contribution < 1.29 is 22.7 Å². The number of hydrogen-bond acceptors (Lipinski definition) is 4. The predicted molar refractivity (Wildman–Crippen MR) is 62.2 cm³/mol. The largest absolute Gasteiger partial charge is 0.475 e. The van der Waals surface area contributed by atoms with Crippen LogP contribution in [-0.4, -0.2) is 36.9 Å². The third-order valence-corrected chi connectivity index (χ3v) is 4.26. The number of carbonyl (C=O) groups is 1. The summed E-state index contributed by atoms with van der Waals surface area (Å²) in [6.45, 7) is 0.994. The summed E-state index contributed by atoms with van der Waals surface area (Å²) in [5.74, 6) is -1.11. The lowest BCUT2D eigenvalue weighted by Crippen LogP contribution is -2.38. The highest BCUT2D eigenvalue weighted by atomic mass is 32.2. The maximum atomic E-state index is 11.8. The Kier molecular flexibility index (Phi) is 3.69. The van der Waals surface area contributed by atoms with Gasteiger partial charge in [-0.05, 0) is 25.0 Å². The Morgan fingerprint density at radius 3 is 2.61 bits per heavy atom. The van der Waals surface area contributed by atoms with Crippen molar-refractivity contribution in [3.05, 3.63) is 23.7 Å². The lowest BCUT2D eigenvalue weighted by Gasteiger charge is -2.15. The van der Waals surface area contributed by atoms with E-state index in [0.29, 0.717) is 13.1 Å². The van der Waals surface area contributed by atoms with E-state index in [1.165, 1.54) is 16.4 Å². The van der Waals surface area contributed by atoms with Gasteiger partial charge in [0.1, 0.15) is 5.76 Å². The normalized spacial score (nSPS) is 17.1. The molecule has 1 aliphatic heterocycles. The molecule has 1 aromatic rings. The molecule has 8 heteroatoms. The van der Waals surface area contributed by atoms with Crippen molar-refractivity contribution in [1.29, 1.82) is 0 Å². The van der Waals surface area contributed by atoms with Crippen LogP contribution in [0.4, 0.5) is 0 Å². The molecule has 2 rings (SSSR count). The molecule has 0 atom stereocenters. The summed E-state index contributed by atoms with van der Waals surface area (Å²) < 4.78 is 32.3. The van der Waals surface area contributed by atoms with Gasteiger partial charge in [0.25, 0.3) is 10.2 Å². The summed E-state index contributed by atoms with van der Waals surface area (Å²) in [4.78, 5) is 10.6. The molecule has 100 valence electrons. The maximum Gasteiger partial charge on any atom is 0.371 e. The van der Waals surface area contributed by atoms with Gasteiger partial charge in [0.2, 0.25) is 5.76 Å². The van der Waals surface area contributed by atoms with Crippen LogP contribution in [0.3, 0.4) is 0 Å². The van der Waals surface area contributed by atoms with E-state index >= 15 is 0 Å². The first-order chi connectivity index (χ1) is 8.49. The van der Waals surface area contributed by atoms with E-state index in [0.717, 1.165) is 12.8 Å². The second-order valence-electron chi connectivity index (χ2n) is 4.00. The smallest absolute Gasteiger partial charge is 0.371 e. The minimum Gasteiger partial charge on any atom is -0.475 e. The van der Waals surface area contributed by atoms with Crippen molar-refractivity contribution in [3.8, 4) is 0 Å². The molecule has 2 heterocycles. The van der Waals surface area contributed by atoms with E-state index in [1.54, 1.807) is 0 Å². The summed E-state index contributed by atoms with van der Waals surface area (Å²) in [5.41, 5.74) is 0. The van der Waals surface area contributed by atoms with Gasteiger partial charge < -0.3 is 9.52 Å². The lowest BCUT2D eigenvalue weighted by atomic mass is 10.4. The zero-order chi connectivity index (χ0) is 13.2. The highest BCUT2D eigenvalue weighted by Gasteiger charge is 2.25.